The van der Waals surface area contributed by atoms with E-state index in [4.69, 9.17) is 10.9 Å². The van der Waals surface area contributed by atoms with Crippen LogP contribution in [0.3, 0.4) is 0 Å². The van der Waals surface area contributed by atoms with Crippen molar-refractivity contribution < 1.29 is 31.8 Å². The van der Waals surface area contributed by atoms with Crippen LogP contribution in [-0.4, -0.2) is 32.8 Å². The summed E-state index contributed by atoms with van der Waals surface area (Å²) in [5.74, 6) is -0.788. The molecule has 0 bridgehead atoms. The number of hydrogen-bond acceptors (Lipinski definition) is 8. The third kappa shape index (κ3) is 5.95. The fourth-order valence-electron chi connectivity index (χ4n) is 5.73. The molecule has 48 heavy (non-hydrogen) atoms. The van der Waals surface area contributed by atoms with Crippen molar-refractivity contribution in [3.05, 3.63) is 155 Å². The van der Waals surface area contributed by atoms with E-state index in [1.807, 2.05) is 0 Å². The predicted molar refractivity (Wildman–Crippen MR) is 183 cm³/mol. The summed E-state index contributed by atoms with van der Waals surface area (Å²) in [5.41, 5.74) is 7.42. The van der Waals surface area contributed by atoms with Crippen LogP contribution in [0.1, 0.15) is 11.1 Å². The summed E-state index contributed by atoms with van der Waals surface area (Å²) in [6.45, 7) is 0. The number of phenols is 2. The Balaban J connectivity index is 1.58. The number of carbonyl (C=O) groups is 1. The zero-order valence-corrected chi connectivity index (χ0v) is 26.7. The Bertz CT molecular complexity index is 2210. The van der Waals surface area contributed by atoms with Gasteiger partial charge in [-0.15, -0.1) is 0 Å². The minimum Gasteiger partial charge on any atom is -0.508 e. The summed E-state index contributed by atoms with van der Waals surface area (Å²) in [4.78, 5) is 13.8. The number of anilines is 1. The molecule has 0 heterocycles. The summed E-state index contributed by atoms with van der Waals surface area (Å²) in [6, 6.07) is 31.7. The van der Waals surface area contributed by atoms with E-state index in [0.717, 1.165) is 28.3 Å². The smallest absolute Gasteiger partial charge is 0.261 e. The van der Waals surface area contributed by atoms with Gasteiger partial charge in [-0.2, -0.15) is 0 Å². The minimum absolute atomic E-state index is 0.0864. The highest BCUT2D eigenvalue weighted by molar-refractivity contribution is 7.94. The van der Waals surface area contributed by atoms with Gasteiger partial charge in [0, 0.05) is 11.4 Å². The van der Waals surface area contributed by atoms with Crippen LogP contribution >= 0.6 is 0 Å². The molecule has 0 aliphatic heterocycles. The molecule has 12 heteroatoms. The number of primary sulfonamides is 1. The number of aromatic hydroxyl groups is 2. The van der Waals surface area contributed by atoms with Crippen molar-refractivity contribution in [3.63, 3.8) is 0 Å². The van der Waals surface area contributed by atoms with Gasteiger partial charge in [0.2, 0.25) is 10.0 Å². The quantitative estimate of drug-likeness (QED) is 0.143. The van der Waals surface area contributed by atoms with E-state index in [1.54, 1.807) is 72.8 Å². The fraction of sp³-hybridized carbons (Fsp3) is 0.0278. The van der Waals surface area contributed by atoms with Crippen LogP contribution in [0.2, 0.25) is 0 Å². The second-order valence-corrected chi connectivity index (χ2v) is 14.4. The third-order valence-electron chi connectivity index (χ3n) is 8.15. The highest BCUT2D eigenvalue weighted by atomic mass is 32.2. The van der Waals surface area contributed by atoms with E-state index in [9.17, 15) is 31.8 Å². The molecular weight excluding hydrogens is 651 g/mol. The average Bonchev–Trinajstić information content (AvgIpc) is 3.06. The Labute approximate surface area is 277 Å². The molecule has 0 saturated heterocycles. The van der Waals surface area contributed by atoms with Crippen molar-refractivity contribution in [2.75, 3.05) is 5.73 Å². The maximum atomic E-state index is 14.7. The van der Waals surface area contributed by atoms with Crippen LogP contribution < -0.4 is 15.6 Å². The van der Waals surface area contributed by atoms with E-state index < -0.39 is 36.1 Å². The molecule has 0 amide bonds. The predicted octanol–water partition coefficient (Wildman–Crippen LogP) is 4.92. The zero-order valence-electron chi connectivity index (χ0n) is 25.1. The number of nitrogens with one attached hydrogen (secondary N) is 1. The van der Waals surface area contributed by atoms with Gasteiger partial charge in [-0.1, -0.05) is 72.8 Å². The van der Waals surface area contributed by atoms with Crippen molar-refractivity contribution in [2.45, 2.75) is 10.3 Å². The van der Waals surface area contributed by atoms with Crippen molar-refractivity contribution >= 4 is 31.5 Å². The third-order valence-corrected chi connectivity index (χ3v) is 10.5. The van der Waals surface area contributed by atoms with E-state index >= 15 is 0 Å². The molecule has 1 aliphatic carbocycles. The van der Waals surface area contributed by atoms with Crippen molar-refractivity contribution in [1.29, 1.82) is 0 Å². The van der Waals surface area contributed by atoms with Crippen LogP contribution in [0.25, 0.3) is 22.3 Å². The molecule has 10 nitrogen and oxygen atoms in total. The van der Waals surface area contributed by atoms with Gasteiger partial charge in [-0.05, 0) is 94.1 Å². The number of sulfonamides is 2. The molecule has 0 unspecified atom stereocenters. The van der Waals surface area contributed by atoms with Crippen molar-refractivity contribution in [2.24, 2.45) is 5.14 Å². The standard InChI is InChI=1S/C36H29N3O7S2/c37-29-13-19-32(20-14-29)48(45,46)39-34-22-21-33(47(38,43)44)35(42)36(34,27-9-1-23(2-10-27)25-5-15-30(40)16-6-25)28-11-3-24(4-12-28)26-7-17-31(41)18-8-26/h1-22,39-41H,37H2,(H2,38,43,44). The van der Waals surface area contributed by atoms with Crippen molar-refractivity contribution in [3.8, 4) is 33.8 Å². The van der Waals surface area contributed by atoms with E-state index in [2.05, 4.69) is 4.72 Å². The number of benzene rings is 5. The van der Waals surface area contributed by atoms with Crippen LogP contribution in [0, 0.1) is 0 Å². The second-order valence-electron chi connectivity index (χ2n) is 11.2. The lowest BCUT2D eigenvalue weighted by Gasteiger charge is -2.38. The maximum absolute atomic E-state index is 14.7. The minimum atomic E-state index is -4.57. The summed E-state index contributed by atoms with van der Waals surface area (Å²) >= 11 is 0. The lowest BCUT2D eigenvalue weighted by Crippen LogP contribution is -2.49. The highest BCUT2D eigenvalue weighted by Crippen LogP contribution is 2.45. The molecule has 0 atom stereocenters. The Kier molecular flexibility index (Phi) is 8.17. The summed E-state index contributed by atoms with van der Waals surface area (Å²) < 4.78 is 55.7. The first kappa shape index (κ1) is 32.3. The largest absolute Gasteiger partial charge is 0.508 e. The summed E-state index contributed by atoms with van der Waals surface area (Å²) in [5, 5.41) is 25.0. The SMILES string of the molecule is Nc1ccc(S(=O)(=O)NC2=CC=C(S(N)(=O)=O)C(=O)C2(c2ccc(-c3ccc(O)cc3)cc2)c2ccc(-c3ccc(O)cc3)cc2)cc1. The molecule has 1 aliphatic rings. The number of hydrogen-bond donors (Lipinski definition) is 5. The first-order valence-corrected chi connectivity index (χ1v) is 17.5. The first-order valence-electron chi connectivity index (χ1n) is 14.5. The van der Waals surface area contributed by atoms with Gasteiger partial charge in [0.1, 0.15) is 21.8 Å². The Hall–Kier alpha value is -5.69. The Morgan fingerprint density at radius 1 is 0.562 bits per heavy atom. The Morgan fingerprint density at radius 2 is 0.958 bits per heavy atom. The van der Waals surface area contributed by atoms with Crippen molar-refractivity contribution in [1.82, 2.24) is 4.72 Å². The average molecular weight is 680 g/mol. The number of Topliss-reactive ketones (excluding diaryl/α,β-unsaturated/α-hetero) is 1. The molecule has 7 N–H and O–H groups in total. The molecular formula is C36H29N3O7S2. The zero-order chi connectivity index (χ0) is 34.3. The van der Waals surface area contributed by atoms with Gasteiger partial charge in [0.15, 0.2) is 5.78 Å². The molecule has 0 fully saturated rings. The van der Waals surface area contributed by atoms with Gasteiger partial charge in [-0.3, -0.25) is 9.52 Å². The van der Waals surface area contributed by atoms with Gasteiger partial charge in [-0.25, -0.2) is 22.0 Å². The van der Waals surface area contributed by atoms with Crippen LogP contribution in [0.15, 0.2) is 149 Å². The summed E-state index contributed by atoms with van der Waals surface area (Å²) in [7, 11) is -8.90. The van der Waals surface area contributed by atoms with Gasteiger partial charge >= 0.3 is 0 Å². The van der Waals surface area contributed by atoms with Gasteiger partial charge < -0.3 is 15.9 Å². The van der Waals surface area contributed by atoms with Crippen LogP contribution in [0.4, 0.5) is 5.69 Å². The van der Waals surface area contributed by atoms with E-state index in [-0.39, 0.29) is 33.2 Å². The highest BCUT2D eigenvalue weighted by Gasteiger charge is 2.51. The summed E-state index contributed by atoms with van der Waals surface area (Å²) in [6.07, 6.45) is 2.23. The number of nitrogens with two attached hydrogens (primary N) is 2. The normalized spacial score (nSPS) is 14.6. The van der Waals surface area contributed by atoms with E-state index in [1.165, 1.54) is 54.6 Å². The molecule has 0 aromatic heterocycles. The van der Waals surface area contributed by atoms with Crippen LogP contribution in [0.5, 0.6) is 11.5 Å². The van der Waals surface area contributed by atoms with Gasteiger partial charge in [0.05, 0.1) is 4.90 Å². The Morgan fingerprint density at radius 3 is 1.35 bits per heavy atom. The number of phenolic OH excluding ortho intramolecular Hbond substituents is 2. The lowest BCUT2D eigenvalue weighted by atomic mass is 9.67. The fourth-order valence-corrected chi connectivity index (χ4v) is 7.52. The maximum Gasteiger partial charge on any atom is 0.261 e. The van der Waals surface area contributed by atoms with E-state index in [0.29, 0.717) is 5.69 Å². The molecule has 5 aromatic carbocycles. The second kappa shape index (κ2) is 12.2. The number of ketones is 1. The van der Waals surface area contributed by atoms with Gasteiger partial charge in [0.25, 0.3) is 10.0 Å². The molecule has 0 radical (unpaired) electrons. The lowest BCUT2D eigenvalue weighted by molar-refractivity contribution is -0.118. The molecule has 5 aromatic rings. The topological polar surface area (TPSA) is 190 Å². The molecule has 6 rings (SSSR count). The first-order chi connectivity index (χ1) is 22.8. The number of rotatable bonds is 8. The molecule has 242 valence electrons. The molecule has 0 saturated carbocycles. The monoisotopic (exact) mass is 679 g/mol. The number of carbonyl (C=O) groups excluding carboxylic acids is 1. The van der Waals surface area contributed by atoms with Crippen LogP contribution in [-0.2, 0) is 30.3 Å². The number of allylic oxidation sites excluding steroid dienone is 4. The molecule has 0 spiro atoms. The number of nitrogen functional groups attached to an aromatic ring is 1.